The van der Waals surface area contributed by atoms with Crippen molar-refractivity contribution >= 4 is 42.4 Å². The summed E-state index contributed by atoms with van der Waals surface area (Å²) < 4.78 is 30.4. The number of likely N-dealkylation sites (N-methyl/N-ethyl adjacent to an activating group) is 1. The number of fused-ring (bicyclic) bond motifs is 1. The van der Waals surface area contributed by atoms with E-state index in [1.165, 1.54) is 23.5 Å². The lowest BCUT2D eigenvalue weighted by Gasteiger charge is -2.22. The number of para-hydroxylation sites is 1. The first-order chi connectivity index (χ1) is 14.3. The molecule has 0 atom stereocenters. The molecule has 0 aliphatic heterocycles. The molecule has 160 valence electrons. The summed E-state index contributed by atoms with van der Waals surface area (Å²) in [6.45, 7) is 2.70. The van der Waals surface area contributed by atoms with E-state index in [9.17, 15) is 13.2 Å². The fraction of sp³-hybridized carbons (Fsp3) is 0.333. The Morgan fingerprint density at radius 2 is 1.80 bits per heavy atom. The highest BCUT2D eigenvalue weighted by atomic mass is 32.2. The smallest absolute Gasteiger partial charge is 0.260 e. The zero-order valence-electron chi connectivity index (χ0n) is 17.5. The normalized spacial score (nSPS) is 11.8. The van der Waals surface area contributed by atoms with Crippen molar-refractivity contribution in [2.24, 2.45) is 0 Å². The molecule has 7 nitrogen and oxygen atoms in total. The molecule has 0 unspecified atom stereocenters. The topological polar surface area (TPSA) is 79.8 Å². The Hall–Kier alpha value is -2.49. The molecule has 30 heavy (non-hydrogen) atoms. The van der Waals surface area contributed by atoms with E-state index in [1.807, 2.05) is 37.2 Å². The third kappa shape index (κ3) is 4.63. The van der Waals surface area contributed by atoms with Gasteiger partial charge in [-0.1, -0.05) is 24.3 Å². The Labute approximate surface area is 180 Å². The molecule has 0 N–H and O–H groups in total. The summed E-state index contributed by atoms with van der Waals surface area (Å²) >= 11 is 1.42. The third-order valence-electron chi connectivity index (χ3n) is 4.68. The Balaban J connectivity index is 1.98. The first kappa shape index (κ1) is 22.2. The molecular weight excluding hydrogens is 422 g/mol. The number of nitrogens with zero attached hydrogens (tertiary/aromatic N) is 3. The highest BCUT2D eigenvalue weighted by Gasteiger charge is 2.23. The van der Waals surface area contributed by atoms with Crippen LogP contribution in [0.4, 0.5) is 5.13 Å². The SMILES string of the molecule is CCS(=O)(=O)c1ccc(C(=O)N(CCN(C)C)c2nc3c(OC)cccc3s2)cc1. The van der Waals surface area contributed by atoms with Gasteiger partial charge in [-0.15, -0.1) is 0 Å². The van der Waals surface area contributed by atoms with Crippen LogP contribution in [0.5, 0.6) is 5.75 Å². The quantitative estimate of drug-likeness (QED) is 0.527. The molecule has 0 fully saturated rings. The lowest BCUT2D eigenvalue weighted by molar-refractivity contribution is 0.0985. The van der Waals surface area contributed by atoms with Crippen LogP contribution in [-0.2, 0) is 9.84 Å². The van der Waals surface area contributed by atoms with Crippen molar-refractivity contribution in [1.29, 1.82) is 0 Å². The van der Waals surface area contributed by atoms with Crippen molar-refractivity contribution in [2.45, 2.75) is 11.8 Å². The molecule has 1 heterocycles. The molecule has 0 saturated heterocycles. The van der Waals surface area contributed by atoms with Crippen LogP contribution in [0.25, 0.3) is 10.2 Å². The third-order valence-corrected chi connectivity index (χ3v) is 7.47. The van der Waals surface area contributed by atoms with Crippen molar-refractivity contribution in [3.63, 3.8) is 0 Å². The molecule has 0 saturated carbocycles. The van der Waals surface area contributed by atoms with Crippen molar-refractivity contribution < 1.29 is 17.9 Å². The number of amides is 1. The number of thiazole rings is 1. The summed E-state index contributed by atoms with van der Waals surface area (Å²) in [5.41, 5.74) is 1.13. The van der Waals surface area contributed by atoms with Crippen LogP contribution >= 0.6 is 11.3 Å². The van der Waals surface area contributed by atoms with Gasteiger partial charge in [-0.05, 0) is 50.5 Å². The number of hydrogen-bond acceptors (Lipinski definition) is 7. The maximum Gasteiger partial charge on any atom is 0.260 e. The number of carbonyl (C=O) groups excluding carboxylic acids is 1. The fourth-order valence-corrected chi connectivity index (χ4v) is 4.79. The Kier molecular flexibility index (Phi) is 6.74. The number of aromatic nitrogens is 1. The van der Waals surface area contributed by atoms with Gasteiger partial charge in [0, 0.05) is 18.7 Å². The van der Waals surface area contributed by atoms with Crippen LogP contribution in [0.3, 0.4) is 0 Å². The van der Waals surface area contributed by atoms with Gasteiger partial charge in [-0.2, -0.15) is 0 Å². The summed E-state index contributed by atoms with van der Waals surface area (Å²) in [4.78, 5) is 21.8. The van der Waals surface area contributed by atoms with E-state index in [4.69, 9.17) is 4.74 Å². The monoisotopic (exact) mass is 447 g/mol. The summed E-state index contributed by atoms with van der Waals surface area (Å²) in [6, 6.07) is 11.8. The zero-order valence-corrected chi connectivity index (χ0v) is 19.1. The van der Waals surface area contributed by atoms with Gasteiger partial charge in [0.15, 0.2) is 15.0 Å². The lowest BCUT2D eigenvalue weighted by atomic mass is 10.2. The van der Waals surface area contributed by atoms with Gasteiger partial charge in [0.1, 0.15) is 11.3 Å². The van der Waals surface area contributed by atoms with Crippen LogP contribution in [0, 0.1) is 0 Å². The molecule has 9 heteroatoms. The van der Waals surface area contributed by atoms with Crippen LogP contribution in [0.2, 0.25) is 0 Å². The second-order valence-corrected chi connectivity index (χ2v) is 10.3. The van der Waals surface area contributed by atoms with E-state index in [1.54, 1.807) is 31.1 Å². The summed E-state index contributed by atoms with van der Waals surface area (Å²) in [6.07, 6.45) is 0. The molecule has 2 aromatic carbocycles. The minimum Gasteiger partial charge on any atom is -0.494 e. The average Bonchev–Trinajstić information content (AvgIpc) is 3.17. The van der Waals surface area contributed by atoms with Gasteiger partial charge in [-0.3, -0.25) is 9.69 Å². The van der Waals surface area contributed by atoms with E-state index in [0.29, 0.717) is 35.1 Å². The summed E-state index contributed by atoms with van der Waals surface area (Å²) in [5.74, 6) is 0.447. The fourth-order valence-electron chi connectivity index (χ4n) is 2.90. The van der Waals surface area contributed by atoms with E-state index in [0.717, 1.165) is 4.70 Å². The molecule has 0 radical (unpaired) electrons. The molecule has 3 rings (SSSR count). The maximum absolute atomic E-state index is 13.3. The molecule has 3 aromatic rings. The van der Waals surface area contributed by atoms with Crippen LogP contribution < -0.4 is 9.64 Å². The van der Waals surface area contributed by atoms with Gasteiger partial charge in [0.2, 0.25) is 0 Å². The Bertz CT molecular complexity index is 1140. The van der Waals surface area contributed by atoms with Gasteiger partial charge in [0.25, 0.3) is 5.91 Å². The van der Waals surface area contributed by atoms with Gasteiger partial charge in [-0.25, -0.2) is 13.4 Å². The number of sulfone groups is 1. The van der Waals surface area contributed by atoms with Crippen molar-refractivity contribution in [3.8, 4) is 5.75 Å². The minimum atomic E-state index is -3.32. The molecule has 1 amide bonds. The minimum absolute atomic E-state index is 0.0167. The predicted octanol–water partition coefficient (Wildman–Crippen LogP) is 3.31. The number of ether oxygens (including phenoxy) is 1. The molecular formula is C21H25N3O4S2. The van der Waals surface area contributed by atoms with E-state index in [2.05, 4.69) is 4.98 Å². The Morgan fingerprint density at radius 3 is 2.40 bits per heavy atom. The molecule has 1 aromatic heterocycles. The highest BCUT2D eigenvalue weighted by molar-refractivity contribution is 7.91. The molecule has 0 aliphatic rings. The van der Waals surface area contributed by atoms with Gasteiger partial charge < -0.3 is 9.64 Å². The Morgan fingerprint density at radius 1 is 1.10 bits per heavy atom. The van der Waals surface area contributed by atoms with E-state index < -0.39 is 9.84 Å². The maximum atomic E-state index is 13.3. The second-order valence-electron chi connectivity index (χ2n) is 6.99. The van der Waals surface area contributed by atoms with Crippen molar-refractivity contribution in [2.75, 3.05) is 44.9 Å². The number of hydrogen-bond donors (Lipinski definition) is 0. The number of carbonyl (C=O) groups is 1. The van der Waals surface area contributed by atoms with Crippen molar-refractivity contribution in [3.05, 3.63) is 48.0 Å². The highest BCUT2D eigenvalue weighted by Crippen LogP contribution is 2.34. The molecule has 0 bridgehead atoms. The van der Waals surface area contributed by atoms with Gasteiger partial charge >= 0.3 is 0 Å². The first-order valence-corrected chi connectivity index (χ1v) is 12.0. The summed E-state index contributed by atoms with van der Waals surface area (Å²) in [7, 11) is 2.15. The number of anilines is 1. The number of methoxy groups -OCH3 is 1. The summed E-state index contributed by atoms with van der Waals surface area (Å²) in [5, 5.41) is 0.576. The second kappa shape index (κ2) is 9.11. The zero-order chi connectivity index (χ0) is 21.9. The van der Waals surface area contributed by atoms with E-state index >= 15 is 0 Å². The predicted molar refractivity (Wildman–Crippen MR) is 121 cm³/mol. The van der Waals surface area contributed by atoms with Gasteiger partial charge in [0.05, 0.1) is 22.5 Å². The number of benzene rings is 2. The standard InChI is InChI=1S/C21H25N3O4S2/c1-5-30(26,27)16-11-9-15(10-12-16)20(25)24(14-13-23(2)3)21-22-19-17(28-4)7-6-8-18(19)29-21/h6-12H,5,13-14H2,1-4H3. The van der Waals surface area contributed by atoms with E-state index in [-0.39, 0.29) is 16.6 Å². The van der Waals surface area contributed by atoms with Crippen LogP contribution in [0.15, 0.2) is 47.4 Å². The van der Waals surface area contributed by atoms with Crippen LogP contribution in [-0.4, -0.2) is 64.3 Å². The average molecular weight is 448 g/mol. The largest absolute Gasteiger partial charge is 0.494 e. The lowest BCUT2D eigenvalue weighted by Crippen LogP contribution is -2.36. The van der Waals surface area contributed by atoms with Crippen LogP contribution in [0.1, 0.15) is 17.3 Å². The molecule has 0 spiro atoms. The van der Waals surface area contributed by atoms with Crippen molar-refractivity contribution in [1.82, 2.24) is 9.88 Å². The number of rotatable bonds is 8. The molecule has 0 aliphatic carbocycles. The first-order valence-electron chi connectivity index (χ1n) is 9.49.